The number of fused-ring (bicyclic) bond motifs is 3. The van der Waals surface area contributed by atoms with Crippen LogP contribution in [0.4, 0.5) is 0 Å². The normalized spacial score (nSPS) is 17.1. The predicted octanol–water partition coefficient (Wildman–Crippen LogP) is 7.10. The van der Waals surface area contributed by atoms with Crippen LogP contribution in [0.3, 0.4) is 0 Å². The number of hydrogen-bond donors (Lipinski definition) is 0. The summed E-state index contributed by atoms with van der Waals surface area (Å²) in [6, 6.07) is 15.8. The standard InChI is InChI=1S/C28H33NO4S/c1-16(2)21-14-23(17(3)4)28(24(15-21)18(5)6)34(30,31)33-29-27-19(7)32-25-13-12-20-10-8-9-11-22(20)26(25)27/h8-19H,1-7H3/b29-27+. The minimum Gasteiger partial charge on any atom is -0.484 e. The Kier molecular flexibility index (Phi) is 6.47. The van der Waals surface area contributed by atoms with E-state index in [2.05, 4.69) is 19.0 Å². The highest BCUT2D eigenvalue weighted by atomic mass is 32.2. The smallest absolute Gasteiger partial charge is 0.359 e. The van der Waals surface area contributed by atoms with Crippen LogP contribution in [-0.2, 0) is 14.4 Å². The average Bonchev–Trinajstić information content (AvgIpc) is 3.12. The van der Waals surface area contributed by atoms with E-state index in [1.54, 1.807) is 0 Å². The van der Waals surface area contributed by atoms with Gasteiger partial charge in [-0.3, -0.25) is 4.28 Å². The average molecular weight is 480 g/mol. The molecule has 5 nitrogen and oxygen atoms in total. The zero-order chi connectivity index (χ0) is 24.8. The highest BCUT2D eigenvalue weighted by Crippen LogP contribution is 2.38. The second kappa shape index (κ2) is 9.06. The van der Waals surface area contributed by atoms with Crippen LogP contribution in [0.5, 0.6) is 5.75 Å². The Morgan fingerprint density at radius 2 is 1.50 bits per heavy atom. The Balaban J connectivity index is 1.84. The summed E-state index contributed by atoms with van der Waals surface area (Å²) in [7, 11) is -4.16. The van der Waals surface area contributed by atoms with Crippen molar-refractivity contribution in [1.29, 1.82) is 0 Å². The fourth-order valence-electron chi connectivity index (χ4n) is 4.49. The zero-order valence-electron chi connectivity index (χ0n) is 20.9. The van der Waals surface area contributed by atoms with E-state index >= 15 is 0 Å². The van der Waals surface area contributed by atoms with Gasteiger partial charge in [0.05, 0.1) is 5.56 Å². The Morgan fingerprint density at radius 1 is 0.882 bits per heavy atom. The van der Waals surface area contributed by atoms with Gasteiger partial charge in [0.2, 0.25) is 0 Å². The number of rotatable bonds is 6. The third-order valence-corrected chi connectivity index (χ3v) is 7.64. The molecule has 0 fully saturated rings. The molecule has 3 aromatic carbocycles. The Hall–Kier alpha value is -2.86. The first-order valence-electron chi connectivity index (χ1n) is 11.9. The van der Waals surface area contributed by atoms with Crippen molar-refractivity contribution < 1.29 is 17.4 Å². The molecular weight excluding hydrogens is 446 g/mol. The van der Waals surface area contributed by atoms with E-state index in [1.165, 1.54) is 0 Å². The molecule has 0 amide bonds. The lowest BCUT2D eigenvalue weighted by Crippen LogP contribution is -2.19. The molecule has 1 unspecified atom stereocenters. The van der Waals surface area contributed by atoms with Crippen LogP contribution in [0.15, 0.2) is 58.6 Å². The lowest BCUT2D eigenvalue weighted by Gasteiger charge is -2.21. The Morgan fingerprint density at radius 3 is 2.09 bits per heavy atom. The number of nitrogens with zero attached hydrogens (tertiary/aromatic N) is 1. The maximum Gasteiger partial charge on any atom is 0.359 e. The monoisotopic (exact) mass is 479 g/mol. The summed E-state index contributed by atoms with van der Waals surface area (Å²) < 4.78 is 38.7. The van der Waals surface area contributed by atoms with Crippen LogP contribution in [0.25, 0.3) is 10.8 Å². The summed E-state index contributed by atoms with van der Waals surface area (Å²) in [6.45, 7) is 14.1. The van der Waals surface area contributed by atoms with Crippen molar-refractivity contribution in [3.63, 3.8) is 0 Å². The van der Waals surface area contributed by atoms with Gasteiger partial charge in [-0.1, -0.05) is 89.2 Å². The molecule has 0 aromatic heterocycles. The number of hydrogen-bond acceptors (Lipinski definition) is 5. The van der Waals surface area contributed by atoms with Crippen molar-refractivity contribution in [3.8, 4) is 5.75 Å². The van der Waals surface area contributed by atoms with Crippen LogP contribution in [-0.4, -0.2) is 20.2 Å². The second-order valence-corrected chi connectivity index (χ2v) is 11.4. The minimum absolute atomic E-state index is 0.00985. The van der Waals surface area contributed by atoms with E-state index in [9.17, 15) is 8.42 Å². The number of oxime groups is 1. The third kappa shape index (κ3) is 4.31. The van der Waals surface area contributed by atoms with Gasteiger partial charge in [-0.05, 0) is 58.2 Å². The molecule has 0 spiro atoms. The van der Waals surface area contributed by atoms with Crippen LogP contribution in [0, 0.1) is 0 Å². The van der Waals surface area contributed by atoms with Crippen molar-refractivity contribution in [1.82, 2.24) is 0 Å². The van der Waals surface area contributed by atoms with E-state index in [0.29, 0.717) is 11.5 Å². The van der Waals surface area contributed by atoms with Gasteiger partial charge >= 0.3 is 10.1 Å². The fourth-order valence-corrected chi connectivity index (χ4v) is 5.91. The van der Waals surface area contributed by atoms with Gasteiger partial charge in [0.25, 0.3) is 0 Å². The van der Waals surface area contributed by atoms with Crippen molar-refractivity contribution in [2.75, 3.05) is 0 Å². The molecule has 4 rings (SSSR count). The first kappa shape index (κ1) is 24.3. The van der Waals surface area contributed by atoms with Crippen LogP contribution in [0.2, 0.25) is 0 Å². The molecule has 0 saturated heterocycles. The summed E-state index contributed by atoms with van der Waals surface area (Å²) >= 11 is 0. The molecule has 1 heterocycles. The van der Waals surface area contributed by atoms with E-state index < -0.39 is 16.2 Å². The third-order valence-electron chi connectivity index (χ3n) is 6.40. The topological polar surface area (TPSA) is 65.0 Å². The number of ether oxygens (including phenoxy) is 1. The molecule has 0 bridgehead atoms. The Labute approximate surface area is 202 Å². The van der Waals surface area contributed by atoms with Gasteiger partial charge in [-0.25, -0.2) is 0 Å². The molecule has 0 aliphatic carbocycles. The summed E-state index contributed by atoms with van der Waals surface area (Å²) in [6.07, 6.45) is -0.423. The van der Waals surface area contributed by atoms with Gasteiger partial charge in [0.1, 0.15) is 22.5 Å². The van der Waals surface area contributed by atoms with Crippen molar-refractivity contribution in [3.05, 3.63) is 70.8 Å². The Bertz CT molecular complexity index is 1340. The summed E-state index contributed by atoms with van der Waals surface area (Å²) in [5, 5.41) is 6.19. The lowest BCUT2D eigenvalue weighted by molar-refractivity contribution is 0.291. The van der Waals surface area contributed by atoms with Crippen molar-refractivity contribution in [2.45, 2.75) is 77.2 Å². The molecule has 3 aromatic rings. The van der Waals surface area contributed by atoms with Gasteiger partial charge in [0.15, 0.2) is 0 Å². The largest absolute Gasteiger partial charge is 0.484 e. The van der Waals surface area contributed by atoms with E-state index in [-0.39, 0.29) is 22.6 Å². The summed E-state index contributed by atoms with van der Waals surface area (Å²) in [5.74, 6) is 0.985. The van der Waals surface area contributed by atoms with Gasteiger partial charge in [0, 0.05) is 0 Å². The summed E-state index contributed by atoms with van der Waals surface area (Å²) in [4.78, 5) is 0.232. The van der Waals surface area contributed by atoms with E-state index in [1.807, 2.05) is 83.1 Å². The highest BCUT2D eigenvalue weighted by molar-refractivity contribution is 7.86. The maximum atomic E-state index is 13.6. The molecule has 0 N–H and O–H groups in total. The van der Waals surface area contributed by atoms with Gasteiger partial charge in [-0.2, -0.15) is 8.42 Å². The SMILES string of the molecule is CC1Oc2ccc3ccccc3c2/C1=N/OS(=O)(=O)c1c(C(C)C)cc(C(C)C)cc1C(C)C. The molecule has 1 atom stereocenters. The molecule has 0 saturated carbocycles. The predicted molar refractivity (Wildman–Crippen MR) is 138 cm³/mol. The van der Waals surface area contributed by atoms with E-state index in [4.69, 9.17) is 9.02 Å². The summed E-state index contributed by atoms with van der Waals surface area (Å²) in [5.41, 5.74) is 3.90. The molecule has 34 heavy (non-hydrogen) atoms. The number of benzene rings is 3. The first-order valence-corrected chi connectivity index (χ1v) is 13.3. The molecular formula is C28H33NO4S. The van der Waals surface area contributed by atoms with Gasteiger partial charge < -0.3 is 4.74 Å². The molecule has 1 aliphatic heterocycles. The fraction of sp³-hybridized carbons (Fsp3) is 0.393. The highest BCUT2D eigenvalue weighted by Gasteiger charge is 2.32. The van der Waals surface area contributed by atoms with Crippen LogP contribution < -0.4 is 4.74 Å². The van der Waals surface area contributed by atoms with Crippen LogP contribution in [0.1, 0.15) is 88.5 Å². The van der Waals surface area contributed by atoms with Crippen molar-refractivity contribution in [2.24, 2.45) is 5.16 Å². The molecule has 180 valence electrons. The quantitative estimate of drug-likeness (QED) is 0.354. The minimum atomic E-state index is -4.16. The molecule has 6 heteroatoms. The zero-order valence-corrected chi connectivity index (χ0v) is 21.7. The van der Waals surface area contributed by atoms with Crippen molar-refractivity contribution >= 4 is 26.6 Å². The van der Waals surface area contributed by atoms with Gasteiger partial charge in [-0.15, -0.1) is 0 Å². The van der Waals surface area contributed by atoms with E-state index in [0.717, 1.165) is 33.0 Å². The maximum absolute atomic E-state index is 13.6. The second-order valence-electron chi connectivity index (χ2n) is 9.92. The van der Waals surface area contributed by atoms with Crippen LogP contribution >= 0.6 is 0 Å². The molecule has 0 radical (unpaired) electrons. The lowest BCUT2D eigenvalue weighted by atomic mass is 9.89. The first-order chi connectivity index (χ1) is 16.0. The molecule has 1 aliphatic rings.